The summed E-state index contributed by atoms with van der Waals surface area (Å²) >= 11 is 0. The van der Waals surface area contributed by atoms with Crippen molar-refractivity contribution in [1.82, 2.24) is 39.0 Å². The molecule has 0 saturated heterocycles. The van der Waals surface area contributed by atoms with Crippen molar-refractivity contribution in [2.45, 2.75) is 0 Å². The Morgan fingerprint density at radius 3 is 1.20 bits per heavy atom. The summed E-state index contributed by atoms with van der Waals surface area (Å²) in [5.41, 5.74) is 13.7. The molecule has 0 radical (unpaired) electrons. The quantitative estimate of drug-likeness (QED) is 0.153. The van der Waals surface area contributed by atoms with Crippen LogP contribution in [0.5, 0.6) is 11.8 Å². The van der Waals surface area contributed by atoms with Gasteiger partial charge in [0.05, 0.1) is 57.6 Å². The van der Waals surface area contributed by atoms with E-state index in [1.807, 2.05) is 186 Å². The molecule has 0 saturated carbocycles. The smallest absolute Gasteiger partial charge is 0.502 e. The fourth-order valence-corrected chi connectivity index (χ4v) is 10.5. The third-order valence-corrected chi connectivity index (χ3v) is 14.4. The standard InChI is InChI=1S/2C24H17N5.2C11H9NO.2Pt/c2*1-27-16-28(17-8-3-2-4-9-17)24-22(27)14-18(15-26-24)29-21-12-6-5-10-19(21)20-11-7-13-25-23(20)29;2*13-11-8-4-7-10(12-11)9-5-2-1-3-6-9;;/h2*2-8,10-16H,1H3;2*1-8H,(H,12,13);;/q2*-2;;;2*+2. The monoisotopic (exact) mass is 1480 g/mol. The van der Waals surface area contributed by atoms with E-state index in [0.29, 0.717) is 0 Å². The number of nitrogens with zero attached hydrogens (tertiary/aromatic N) is 12. The molecule has 86 heavy (non-hydrogen) atoms. The van der Waals surface area contributed by atoms with Crippen molar-refractivity contribution < 1.29 is 52.3 Å². The summed E-state index contributed by atoms with van der Waals surface area (Å²) in [4.78, 5) is 35.3. The molecule has 0 fully saturated rings. The van der Waals surface area contributed by atoms with Crippen LogP contribution in [0.25, 0.3) is 77.8 Å². The molecule has 2 aliphatic rings. The van der Waals surface area contributed by atoms with Crippen LogP contribution < -0.4 is 19.6 Å². The number of aromatic nitrogens is 8. The molecule has 0 unspecified atom stereocenters. The van der Waals surface area contributed by atoms with Crippen molar-refractivity contribution in [3.8, 4) is 45.6 Å². The van der Waals surface area contributed by atoms with E-state index < -0.39 is 0 Å². The van der Waals surface area contributed by atoms with Gasteiger partial charge < -0.3 is 29.8 Å². The number of anilines is 6. The molecule has 16 heteroatoms. The fraction of sp³-hybridized carbons (Fsp3) is 0.0286. The molecule has 6 aromatic carbocycles. The first-order chi connectivity index (χ1) is 41.3. The van der Waals surface area contributed by atoms with E-state index >= 15 is 0 Å². The van der Waals surface area contributed by atoms with Crippen LogP contribution in [0.15, 0.2) is 255 Å². The van der Waals surface area contributed by atoms with Gasteiger partial charge in [0, 0.05) is 57.2 Å². The van der Waals surface area contributed by atoms with Gasteiger partial charge in [0.25, 0.3) is 0 Å². The van der Waals surface area contributed by atoms with E-state index in [2.05, 4.69) is 134 Å². The molecular formula is C70H52N12O2Pt2. The molecule has 424 valence electrons. The average Bonchev–Trinajstić information content (AvgIpc) is 2.19. The Hall–Kier alpha value is -10.0. The van der Waals surface area contributed by atoms with Crippen LogP contribution in [-0.2, 0) is 42.1 Å². The van der Waals surface area contributed by atoms with Gasteiger partial charge in [-0.2, -0.15) is 74.0 Å². The molecular weight excluding hydrogens is 1430 g/mol. The fourth-order valence-electron chi connectivity index (χ4n) is 10.5. The molecule has 0 bridgehead atoms. The predicted octanol–water partition coefficient (Wildman–Crippen LogP) is 15.1. The first kappa shape index (κ1) is 57.8. The molecule has 2 aliphatic heterocycles. The van der Waals surface area contributed by atoms with Gasteiger partial charge in [0.15, 0.2) is 0 Å². The molecule has 16 rings (SSSR count). The molecule has 2 N–H and O–H groups in total. The first-order valence-corrected chi connectivity index (χ1v) is 27.1. The van der Waals surface area contributed by atoms with Crippen molar-refractivity contribution in [3.63, 3.8) is 0 Å². The number of benzene rings is 6. The Bertz CT molecular complexity index is 4210. The summed E-state index contributed by atoms with van der Waals surface area (Å²) in [5.74, 6) is 1.91. The van der Waals surface area contributed by atoms with E-state index in [9.17, 15) is 0 Å². The summed E-state index contributed by atoms with van der Waals surface area (Å²) in [6.07, 6.45) is 7.52. The second-order valence-corrected chi connectivity index (χ2v) is 19.7. The van der Waals surface area contributed by atoms with E-state index in [0.717, 1.165) is 101 Å². The molecule has 10 heterocycles. The molecule has 0 spiro atoms. The Labute approximate surface area is 526 Å². The minimum atomic E-state index is 0. The SMILES string of the molecule is CN1[CH-]N(c2[c-]cccc2)c2ncc(-n3c4ccccc4c4cccnc43)cc21.CN1[CH-]N(c2[c-]cccc2)c2ncc(-n3c4ccccc4c4cccnc43)cc21.Oc1cccc(-c2ccccc2)n1.Oc1cccc(-c2ccccc2)n1.[Pt+2].[Pt+2]. The number of aromatic hydroxyl groups is 2. The van der Waals surface area contributed by atoms with E-state index in [-0.39, 0.29) is 53.9 Å². The number of rotatable bonds is 6. The zero-order valence-electron chi connectivity index (χ0n) is 46.3. The molecule has 0 aliphatic carbocycles. The van der Waals surface area contributed by atoms with Crippen LogP contribution in [0.4, 0.5) is 34.4 Å². The maximum Gasteiger partial charge on any atom is 2.00 e. The summed E-state index contributed by atoms with van der Waals surface area (Å²) in [6.45, 7) is 4.08. The van der Waals surface area contributed by atoms with Gasteiger partial charge in [-0.05, 0) is 74.8 Å². The summed E-state index contributed by atoms with van der Waals surface area (Å²) in [5, 5.41) is 23.0. The minimum Gasteiger partial charge on any atom is -0.502 e. The average molecular weight is 1480 g/mol. The molecule has 0 atom stereocenters. The minimum absolute atomic E-state index is 0. The Morgan fingerprint density at radius 2 is 0.791 bits per heavy atom. The summed E-state index contributed by atoms with van der Waals surface area (Å²) in [6, 6.07) is 81.7. The Balaban J connectivity index is 0.000000126. The van der Waals surface area contributed by atoms with Crippen LogP contribution in [0.3, 0.4) is 0 Å². The summed E-state index contributed by atoms with van der Waals surface area (Å²) < 4.78 is 4.37. The zero-order chi connectivity index (χ0) is 56.9. The number of hydrogen-bond donors (Lipinski definition) is 2. The normalized spacial score (nSPS) is 12.0. The van der Waals surface area contributed by atoms with Gasteiger partial charge in [-0.25, -0.2) is 29.9 Å². The molecule has 0 amide bonds. The second kappa shape index (κ2) is 25.9. The van der Waals surface area contributed by atoms with E-state index in [1.54, 1.807) is 24.3 Å². The van der Waals surface area contributed by atoms with Crippen molar-refractivity contribution in [1.29, 1.82) is 0 Å². The third-order valence-electron chi connectivity index (χ3n) is 14.4. The van der Waals surface area contributed by atoms with Gasteiger partial charge >= 0.3 is 42.1 Å². The van der Waals surface area contributed by atoms with E-state index in [1.165, 1.54) is 10.8 Å². The van der Waals surface area contributed by atoms with Crippen LogP contribution in [0.1, 0.15) is 0 Å². The number of hydrogen-bond acceptors (Lipinski definition) is 12. The van der Waals surface area contributed by atoms with Crippen LogP contribution in [0, 0.1) is 25.5 Å². The topological polar surface area (TPSA) is 141 Å². The maximum atomic E-state index is 9.16. The Kier molecular flexibility index (Phi) is 17.4. The van der Waals surface area contributed by atoms with Crippen molar-refractivity contribution in [2.24, 2.45) is 0 Å². The number of pyridine rings is 6. The van der Waals surface area contributed by atoms with E-state index in [4.69, 9.17) is 20.2 Å². The van der Waals surface area contributed by atoms with Crippen LogP contribution in [-0.4, -0.2) is 63.3 Å². The Morgan fingerprint density at radius 1 is 0.395 bits per heavy atom. The van der Waals surface area contributed by atoms with Gasteiger partial charge in [-0.15, -0.1) is 11.4 Å². The first-order valence-electron chi connectivity index (χ1n) is 27.1. The second-order valence-electron chi connectivity index (χ2n) is 19.7. The van der Waals surface area contributed by atoms with Crippen molar-refractivity contribution in [3.05, 3.63) is 281 Å². The number of para-hydroxylation sites is 4. The van der Waals surface area contributed by atoms with Gasteiger partial charge in [-0.3, -0.25) is 9.13 Å². The predicted molar refractivity (Wildman–Crippen MR) is 336 cm³/mol. The maximum absolute atomic E-state index is 9.16. The van der Waals surface area contributed by atoms with Gasteiger partial charge in [0.1, 0.15) is 22.9 Å². The third kappa shape index (κ3) is 11.6. The zero-order valence-corrected chi connectivity index (χ0v) is 50.8. The van der Waals surface area contributed by atoms with Crippen LogP contribution in [0.2, 0.25) is 0 Å². The van der Waals surface area contributed by atoms with Crippen molar-refractivity contribution in [2.75, 3.05) is 33.7 Å². The largest absolute Gasteiger partial charge is 2.00 e. The molecule has 14 aromatic rings. The van der Waals surface area contributed by atoms with Gasteiger partial charge in [-0.1, -0.05) is 109 Å². The number of fused-ring (bicyclic) bond motifs is 8. The summed E-state index contributed by atoms with van der Waals surface area (Å²) in [7, 11) is 4.08. The van der Waals surface area contributed by atoms with Crippen LogP contribution >= 0.6 is 0 Å². The van der Waals surface area contributed by atoms with Crippen molar-refractivity contribution >= 4 is 78.3 Å². The molecule has 8 aromatic heterocycles. The van der Waals surface area contributed by atoms with Gasteiger partial charge in [0.2, 0.25) is 11.8 Å². The molecule has 14 nitrogen and oxygen atoms in total.